The molecular formula is C16H15FN2OS. The van der Waals surface area contributed by atoms with E-state index in [2.05, 4.69) is 5.32 Å². The van der Waals surface area contributed by atoms with Gasteiger partial charge in [-0.1, -0.05) is 30.3 Å². The highest BCUT2D eigenvalue weighted by Crippen LogP contribution is 2.13. The topological polar surface area (TPSA) is 32.3 Å². The van der Waals surface area contributed by atoms with Crippen molar-refractivity contribution >= 4 is 28.9 Å². The normalized spacial score (nSPS) is 10.0. The molecule has 2 rings (SSSR count). The largest absolute Gasteiger partial charge is 0.319 e. The van der Waals surface area contributed by atoms with Gasteiger partial charge in [-0.25, -0.2) is 4.39 Å². The van der Waals surface area contributed by atoms with Gasteiger partial charge in [-0.05, 0) is 43.4 Å². The van der Waals surface area contributed by atoms with E-state index in [1.54, 1.807) is 11.0 Å². The van der Waals surface area contributed by atoms with Gasteiger partial charge in [-0.3, -0.25) is 10.1 Å². The molecule has 0 fully saturated rings. The molecule has 2 aromatic rings. The molecule has 0 heterocycles. The minimum Gasteiger partial charge on any atom is -0.319 e. The first kappa shape index (κ1) is 15.1. The van der Waals surface area contributed by atoms with Gasteiger partial charge in [0, 0.05) is 12.2 Å². The molecule has 2 aromatic carbocycles. The number of nitrogens with zero attached hydrogens (tertiary/aromatic N) is 1. The Morgan fingerprint density at radius 2 is 1.76 bits per heavy atom. The Bertz CT molecular complexity index is 646. The van der Waals surface area contributed by atoms with Crippen molar-refractivity contribution in [3.05, 3.63) is 66.0 Å². The monoisotopic (exact) mass is 302 g/mol. The number of para-hydroxylation sites is 1. The van der Waals surface area contributed by atoms with Gasteiger partial charge in [0.15, 0.2) is 5.11 Å². The molecule has 21 heavy (non-hydrogen) atoms. The number of hydrogen-bond acceptors (Lipinski definition) is 2. The molecule has 0 spiro atoms. The number of carbonyl (C=O) groups is 1. The first-order valence-electron chi connectivity index (χ1n) is 6.56. The summed E-state index contributed by atoms with van der Waals surface area (Å²) in [5, 5.41) is 2.81. The number of nitrogens with one attached hydrogen (secondary N) is 1. The summed E-state index contributed by atoms with van der Waals surface area (Å²) < 4.78 is 13.6. The Hall–Kier alpha value is -2.27. The second-order valence-electron chi connectivity index (χ2n) is 4.32. The lowest BCUT2D eigenvalue weighted by atomic mass is 10.2. The van der Waals surface area contributed by atoms with E-state index >= 15 is 0 Å². The molecule has 5 heteroatoms. The molecule has 0 saturated carbocycles. The molecule has 0 radical (unpaired) electrons. The van der Waals surface area contributed by atoms with Crippen LogP contribution in [0.3, 0.4) is 0 Å². The van der Waals surface area contributed by atoms with Gasteiger partial charge in [0.2, 0.25) is 0 Å². The number of anilines is 1. The molecule has 0 aromatic heterocycles. The smallest absolute Gasteiger partial charge is 0.260 e. The van der Waals surface area contributed by atoms with Crippen LogP contribution in [0.15, 0.2) is 54.6 Å². The van der Waals surface area contributed by atoms with Gasteiger partial charge in [0.05, 0.1) is 5.56 Å². The van der Waals surface area contributed by atoms with Crippen molar-refractivity contribution in [2.75, 3.05) is 11.4 Å². The first-order chi connectivity index (χ1) is 10.1. The van der Waals surface area contributed by atoms with Crippen LogP contribution in [0.1, 0.15) is 17.3 Å². The van der Waals surface area contributed by atoms with Gasteiger partial charge in [-0.15, -0.1) is 0 Å². The Balaban J connectivity index is 2.13. The molecule has 0 bridgehead atoms. The second-order valence-corrected chi connectivity index (χ2v) is 4.71. The van der Waals surface area contributed by atoms with Crippen LogP contribution in [0, 0.1) is 5.82 Å². The molecule has 0 aliphatic rings. The minimum atomic E-state index is -0.569. The molecule has 0 aliphatic carbocycles. The van der Waals surface area contributed by atoms with Gasteiger partial charge in [0.1, 0.15) is 5.82 Å². The van der Waals surface area contributed by atoms with Crippen molar-refractivity contribution in [3.8, 4) is 0 Å². The Morgan fingerprint density at radius 1 is 1.14 bits per heavy atom. The third-order valence-corrected chi connectivity index (χ3v) is 3.29. The molecule has 1 amide bonds. The van der Waals surface area contributed by atoms with Crippen LogP contribution in [0.5, 0.6) is 0 Å². The fourth-order valence-electron chi connectivity index (χ4n) is 1.93. The average molecular weight is 302 g/mol. The van der Waals surface area contributed by atoms with E-state index in [0.717, 1.165) is 5.69 Å². The molecule has 0 aliphatic heterocycles. The highest BCUT2D eigenvalue weighted by atomic mass is 32.1. The van der Waals surface area contributed by atoms with Gasteiger partial charge >= 0.3 is 0 Å². The SMILES string of the molecule is CCN(C(=S)NC(=O)c1ccccc1F)c1ccccc1. The maximum Gasteiger partial charge on any atom is 0.260 e. The van der Waals surface area contributed by atoms with Crippen molar-refractivity contribution in [1.29, 1.82) is 0 Å². The fourth-order valence-corrected chi connectivity index (χ4v) is 2.26. The summed E-state index contributed by atoms with van der Waals surface area (Å²) >= 11 is 5.25. The number of thiocarbonyl (C=S) groups is 1. The Kier molecular flexibility index (Phi) is 5.00. The van der Waals surface area contributed by atoms with Crippen LogP contribution >= 0.6 is 12.2 Å². The number of benzene rings is 2. The zero-order valence-corrected chi connectivity index (χ0v) is 12.4. The molecule has 3 nitrogen and oxygen atoms in total. The Morgan fingerprint density at radius 3 is 2.38 bits per heavy atom. The van der Waals surface area contributed by atoms with Crippen molar-refractivity contribution < 1.29 is 9.18 Å². The minimum absolute atomic E-state index is 0.0241. The summed E-state index contributed by atoms with van der Waals surface area (Å²) in [4.78, 5) is 13.8. The van der Waals surface area contributed by atoms with Crippen LogP contribution in [0.4, 0.5) is 10.1 Å². The number of carbonyl (C=O) groups excluding carboxylic acids is 1. The summed E-state index contributed by atoms with van der Waals surface area (Å²) in [6.45, 7) is 2.52. The second kappa shape index (κ2) is 6.95. The summed E-state index contributed by atoms with van der Waals surface area (Å²) in [5.74, 6) is -1.12. The summed E-state index contributed by atoms with van der Waals surface area (Å²) in [5.41, 5.74) is 0.850. The third-order valence-electron chi connectivity index (χ3n) is 2.97. The van der Waals surface area contributed by atoms with E-state index in [4.69, 9.17) is 12.2 Å². The van der Waals surface area contributed by atoms with Crippen molar-refractivity contribution in [1.82, 2.24) is 5.32 Å². The molecule has 1 N–H and O–H groups in total. The molecule has 0 unspecified atom stereocenters. The van der Waals surface area contributed by atoms with Crippen molar-refractivity contribution in [2.45, 2.75) is 6.92 Å². The summed E-state index contributed by atoms with van der Waals surface area (Å²) in [6, 6.07) is 15.3. The van der Waals surface area contributed by atoms with Crippen molar-refractivity contribution in [2.24, 2.45) is 0 Å². The summed E-state index contributed by atoms with van der Waals surface area (Å²) in [7, 11) is 0. The van der Waals surface area contributed by atoms with Crippen LogP contribution in [-0.4, -0.2) is 17.6 Å². The zero-order valence-electron chi connectivity index (χ0n) is 11.5. The predicted octanol–water partition coefficient (Wildman–Crippen LogP) is 3.37. The average Bonchev–Trinajstić information content (AvgIpc) is 2.49. The lowest BCUT2D eigenvalue weighted by Gasteiger charge is -2.23. The number of rotatable bonds is 3. The van der Waals surface area contributed by atoms with Crippen LogP contribution in [0.25, 0.3) is 0 Å². The van der Waals surface area contributed by atoms with Crippen LogP contribution in [0.2, 0.25) is 0 Å². The van der Waals surface area contributed by atoms with Gasteiger partial charge in [-0.2, -0.15) is 0 Å². The number of hydrogen-bond donors (Lipinski definition) is 1. The molecule has 0 atom stereocenters. The fraction of sp³-hybridized carbons (Fsp3) is 0.125. The number of amides is 1. The number of halogens is 1. The molecule has 108 valence electrons. The van der Waals surface area contributed by atoms with Gasteiger partial charge in [0.25, 0.3) is 5.91 Å². The van der Waals surface area contributed by atoms with Crippen LogP contribution in [-0.2, 0) is 0 Å². The third kappa shape index (κ3) is 3.64. The van der Waals surface area contributed by atoms with E-state index in [9.17, 15) is 9.18 Å². The van der Waals surface area contributed by atoms with Crippen LogP contribution < -0.4 is 10.2 Å². The van der Waals surface area contributed by atoms with E-state index in [1.807, 2.05) is 37.3 Å². The van der Waals surface area contributed by atoms with E-state index < -0.39 is 11.7 Å². The Labute approximate surface area is 128 Å². The highest BCUT2D eigenvalue weighted by Gasteiger charge is 2.16. The summed E-state index contributed by atoms with van der Waals surface area (Å²) in [6.07, 6.45) is 0. The highest BCUT2D eigenvalue weighted by molar-refractivity contribution is 7.80. The first-order valence-corrected chi connectivity index (χ1v) is 6.96. The maximum atomic E-state index is 13.6. The zero-order chi connectivity index (χ0) is 15.2. The standard InChI is InChI=1S/C16H15FN2OS/c1-2-19(12-8-4-3-5-9-12)16(21)18-15(20)13-10-6-7-11-14(13)17/h3-11H,2H2,1H3,(H,18,20,21). The molecular weight excluding hydrogens is 287 g/mol. The lowest BCUT2D eigenvalue weighted by Crippen LogP contribution is -2.43. The van der Waals surface area contributed by atoms with Gasteiger partial charge < -0.3 is 4.90 Å². The maximum absolute atomic E-state index is 13.6. The van der Waals surface area contributed by atoms with E-state index in [0.29, 0.717) is 6.54 Å². The van der Waals surface area contributed by atoms with Crippen molar-refractivity contribution in [3.63, 3.8) is 0 Å². The quantitative estimate of drug-likeness (QED) is 0.882. The predicted molar refractivity (Wildman–Crippen MR) is 85.9 cm³/mol. The lowest BCUT2D eigenvalue weighted by molar-refractivity contribution is 0.0973. The van der Waals surface area contributed by atoms with E-state index in [-0.39, 0.29) is 10.7 Å². The van der Waals surface area contributed by atoms with E-state index in [1.165, 1.54) is 18.2 Å². The molecule has 0 saturated heterocycles.